The molecule has 0 unspecified atom stereocenters. The number of carboxylic acid groups (broad SMARTS) is 1. The first kappa shape index (κ1) is 13.2. The van der Waals surface area contributed by atoms with E-state index in [1.54, 1.807) is 11.6 Å². The molecule has 0 radical (unpaired) electrons. The molecule has 0 amide bonds. The van der Waals surface area contributed by atoms with Gasteiger partial charge >= 0.3 is 5.97 Å². The smallest absolute Gasteiger partial charge is 0.320 e. The molecule has 2 rings (SSSR count). The molecule has 0 fully saturated rings. The number of benzene rings is 1. The van der Waals surface area contributed by atoms with Crippen molar-refractivity contribution in [2.75, 3.05) is 0 Å². The van der Waals surface area contributed by atoms with Gasteiger partial charge in [0.25, 0.3) is 0 Å². The summed E-state index contributed by atoms with van der Waals surface area (Å²) in [6.45, 7) is 2.45. The molecule has 0 aliphatic heterocycles. The van der Waals surface area contributed by atoms with E-state index in [1.165, 1.54) is 0 Å². The summed E-state index contributed by atoms with van der Waals surface area (Å²) in [4.78, 5) is 10.7. The van der Waals surface area contributed by atoms with Gasteiger partial charge in [0.2, 0.25) is 0 Å². The zero-order chi connectivity index (χ0) is 13.7. The van der Waals surface area contributed by atoms with Crippen molar-refractivity contribution >= 4 is 5.97 Å². The van der Waals surface area contributed by atoms with Crippen molar-refractivity contribution in [1.29, 1.82) is 0 Å². The molecule has 2 N–H and O–H groups in total. The Balaban J connectivity index is 2.00. The number of carbonyl (C=O) groups is 1. The normalized spacial score (nSPS) is 12.3. The van der Waals surface area contributed by atoms with E-state index in [4.69, 9.17) is 5.11 Å². The molecular formula is C12H15N5O2. The predicted molar refractivity (Wildman–Crippen MR) is 67.3 cm³/mol. The van der Waals surface area contributed by atoms with E-state index in [0.717, 1.165) is 5.56 Å². The van der Waals surface area contributed by atoms with Gasteiger partial charge in [-0.3, -0.25) is 10.1 Å². The standard InChI is InChI=1S/C12H15N5O2/c1-9(12(18)19)13-7-11-14-15-16-17(11)8-10-5-3-2-4-6-10/h2-6,9,13H,7-8H2,1H3,(H,18,19)/t9-/m1/s1. The van der Waals surface area contributed by atoms with Crippen LogP contribution in [-0.2, 0) is 17.9 Å². The number of carboxylic acids is 1. The molecule has 7 nitrogen and oxygen atoms in total. The molecule has 2 aromatic rings. The van der Waals surface area contributed by atoms with Crippen molar-refractivity contribution in [2.24, 2.45) is 0 Å². The summed E-state index contributed by atoms with van der Waals surface area (Å²) in [5, 5.41) is 23.1. The van der Waals surface area contributed by atoms with Gasteiger partial charge < -0.3 is 5.11 Å². The first-order chi connectivity index (χ1) is 9.16. The number of nitrogens with one attached hydrogen (secondary N) is 1. The van der Waals surface area contributed by atoms with Crippen LogP contribution >= 0.6 is 0 Å². The Morgan fingerprint density at radius 3 is 2.84 bits per heavy atom. The van der Waals surface area contributed by atoms with Crippen LogP contribution in [0.25, 0.3) is 0 Å². The van der Waals surface area contributed by atoms with Crippen LogP contribution in [-0.4, -0.2) is 37.3 Å². The highest BCUT2D eigenvalue weighted by molar-refractivity contribution is 5.72. The van der Waals surface area contributed by atoms with Gasteiger partial charge in [-0.25, -0.2) is 4.68 Å². The SMILES string of the molecule is C[C@@H](NCc1nnnn1Cc1ccccc1)C(=O)O. The van der Waals surface area contributed by atoms with E-state index in [2.05, 4.69) is 20.8 Å². The molecule has 1 aromatic heterocycles. The minimum atomic E-state index is -0.901. The fourth-order valence-corrected chi connectivity index (χ4v) is 1.56. The van der Waals surface area contributed by atoms with E-state index in [0.29, 0.717) is 18.9 Å². The van der Waals surface area contributed by atoms with Crippen LogP contribution in [0, 0.1) is 0 Å². The quantitative estimate of drug-likeness (QED) is 0.776. The van der Waals surface area contributed by atoms with Crippen LogP contribution in [0.5, 0.6) is 0 Å². The summed E-state index contributed by atoms with van der Waals surface area (Å²) >= 11 is 0. The third-order valence-electron chi connectivity index (χ3n) is 2.72. The largest absolute Gasteiger partial charge is 0.480 e. The fraction of sp³-hybridized carbons (Fsp3) is 0.333. The Bertz CT molecular complexity index is 540. The van der Waals surface area contributed by atoms with Gasteiger partial charge in [0, 0.05) is 0 Å². The van der Waals surface area contributed by atoms with Crippen molar-refractivity contribution < 1.29 is 9.90 Å². The van der Waals surface area contributed by atoms with Crippen molar-refractivity contribution in [3.63, 3.8) is 0 Å². The molecule has 0 aliphatic rings. The fourth-order valence-electron chi connectivity index (χ4n) is 1.56. The lowest BCUT2D eigenvalue weighted by molar-refractivity contribution is -0.139. The summed E-state index contributed by atoms with van der Waals surface area (Å²) in [6.07, 6.45) is 0. The zero-order valence-corrected chi connectivity index (χ0v) is 10.5. The Kier molecular flexibility index (Phi) is 4.19. The van der Waals surface area contributed by atoms with Gasteiger partial charge in [-0.05, 0) is 22.9 Å². The number of tetrazole rings is 1. The lowest BCUT2D eigenvalue weighted by atomic mass is 10.2. The molecule has 0 bridgehead atoms. The molecule has 7 heteroatoms. The minimum absolute atomic E-state index is 0.313. The Hall–Kier alpha value is -2.28. The zero-order valence-electron chi connectivity index (χ0n) is 10.5. The number of rotatable bonds is 6. The van der Waals surface area contributed by atoms with Crippen molar-refractivity contribution in [2.45, 2.75) is 26.1 Å². The van der Waals surface area contributed by atoms with Crippen LogP contribution in [0.15, 0.2) is 30.3 Å². The van der Waals surface area contributed by atoms with Crippen LogP contribution in [0.1, 0.15) is 18.3 Å². The van der Waals surface area contributed by atoms with E-state index < -0.39 is 12.0 Å². The van der Waals surface area contributed by atoms with E-state index in [-0.39, 0.29) is 0 Å². The van der Waals surface area contributed by atoms with Crippen LogP contribution in [0.2, 0.25) is 0 Å². The predicted octanol–water partition coefficient (Wildman–Crippen LogP) is 0.284. The molecule has 0 saturated heterocycles. The third-order valence-corrected chi connectivity index (χ3v) is 2.72. The number of hydrogen-bond acceptors (Lipinski definition) is 5. The van der Waals surface area contributed by atoms with Crippen molar-refractivity contribution in [1.82, 2.24) is 25.5 Å². The molecular weight excluding hydrogens is 246 g/mol. The Morgan fingerprint density at radius 1 is 1.42 bits per heavy atom. The van der Waals surface area contributed by atoms with Crippen LogP contribution < -0.4 is 5.32 Å². The molecule has 19 heavy (non-hydrogen) atoms. The highest BCUT2D eigenvalue weighted by Crippen LogP contribution is 2.02. The van der Waals surface area contributed by atoms with Gasteiger partial charge in [-0.2, -0.15) is 0 Å². The number of nitrogens with zero attached hydrogens (tertiary/aromatic N) is 4. The van der Waals surface area contributed by atoms with E-state index >= 15 is 0 Å². The Morgan fingerprint density at radius 2 is 2.16 bits per heavy atom. The van der Waals surface area contributed by atoms with E-state index in [9.17, 15) is 4.79 Å². The number of hydrogen-bond donors (Lipinski definition) is 2. The minimum Gasteiger partial charge on any atom is -0.480 e. The molecule has 1 atom stereocenters. The number of aromatic nitrogens is 4. The topological polar surface area (TPSA) is 92.9 Å². The molecule has 1 heterocycles. The number of aliphatic carboxylic acids is 1. The monoisotopic (exact) mass is 261 g/mol. The Labute approximate surface area is 110 Å². The molecule has 1 aromatic carbocycles. The summed E-state index contributed by atoms with van der Waals surface area (Å²) in [5.74, 6) is -0.293. The first-order valence-electron chi connectivity index (χ1n) is 5.92. The van der Waals surface area contributed by atoms with Gasteiger partial charge in [0.05, 0.1) is 13.1 Å². The highest BCUT2D eigenvalue weighted by atomic mass is 16.4. The van der Waals surface area contributed by atoms with Gasteiger partial charge in [-0.15, -0.1) is 5.10 Å². The van der Waals surface area contributed by atoms with Gasteiger partial charge in [0.15, 0.2) is 5.82 Å². The molecule has 100 valence electrons. The molecule has 0 spiro atoms. The average molecular weight is 261 g/mol. The second kappa shape index (κ2) is 6.05. The van der Waals surface area contributed by atoms with Crippen LogP contribution in [0.4, 0.5) is 0 Å². The molecule has 0 saturated carbocycles. The average Bonchev–Trinajstić information content (AvgIpc) is 2.84. The summed E-state index contributed by atoms with van der Waals surface area (Å²) in [7, 11) is 0. The maximum atomic E-state index is 10.7. The van der Waals surface area contributed by atoms with Crippen molar-refractivity contribution in [3.05, 3.63) is 41.7 Å². The maximum Gasteiger partial charge on any atom is 0.320 e. The second-order valence-electron chi connectivity index (χ2n) is 4.18. The summed E-state index contributed by atoms with van der Waals surface area (Å²) in [5.41, 5.74) is 1.09. The van der Waals surface area contributed by atoms with E-state index in [1.807, 2.05) is 30.3 Å². The first-order valence-corrected chi connectivity index (χ1v) is 5.92. The maximum absolute atomic E-state index is 10.7. The van der Waals surface area contributed by atoms with Gasteiger partial charge in [-0.1, -0.05) is 30.3 Å². The second-order valence-corrected chi connectivity index (χ2v) is 4.18. The van der Waals surface area contributed by atoms with Crippen LogP contribution in [0.3, 0.4) is 0 Å². The third kappa shape index (κ3) is 3.59. The van der Waals surface area contributed by atoms with Crippen molar-refractivity contribution in [3.8, 4) is 0 Å². The highest BCUT2D eigenvalue weighted by Gasteiger charge is 2.12. The summed E-state index contributed by atoms with van der Waals surface area (Å²) in [6, 6.07) is 9.17. The lowest BCUT2D eigenvalue weighted by Gasteiger charge is -2.09. The van der Waals surface area contributed by atoms with Gasteiger partial charge in [0.1, 0.15) is 6.04 Å². The lowest BCUT2D eigenvalue weighted by Crippen LogP contribution is -2.34. The summed E-state index contributed by atoms with van der Waals surface area (Å²) < 4.78 is 1.65. The molecule has 0 aliphatic carbocycles.